The van der Waals surface area contributed by atoms with Crippen LogP contribution in [0, 0.1) is 0 Å². The van der Waals surface area contributed by atoms with Gasteiger partial charge < -0.3 is 20.1 Å². The van der Waals surface area contributed by atoms with Crippen molar-refractivity contribution in [2.75, 3.05) is 13.2 Å². The third-order valence-electron chi connectivity index (χ3n) is 3.90. The number of aliphatic hydroxyl groups excluding tert-OH is 3. The molecule has 0 aliphatic heterocycles. The van der Waals surface area contributed by atoms with Gasteiger partial charge in [0.15, 0.2) is 0 Å². The fourth-order valence-corrected chi connectivity index (χ4v) is 2.24. The van der Waals surface area contributed by atoms with Crippen molar-refractivity contribution in [2.45, 2.75) is 64.1 Å². The average Bonchev–Trinajstić information content (AvgIpc) is 2.75. The number of hydrogen-bond acceptors (Lipinski definition) is 5. The number of carbonyl (C=O) groups excluding carboxylic acids is 1. The second-order valence-corrected chi connectivity index (χ2v) is 6.63. The second-order valence-electron chi connectivity index (χ2n) is 6.63. The van der Waals surface area contributed by atoms with Gasteiger partial charge in [-0.2, -0.15) is 0 Å². The molecule has 0 spiro atoms. The van der Waals surface area contributed by atoms with Crippen LogP contribution in [-0.4, -0.2) is 46.7 Å². The van der Waals surface area contributed by atoms with E-state index < -0.39 is 31.4 Å². The van der Waals surface area contributed by atoms with Crippen molar-refractivity contribution in [3.63, 3.8) is 0 Å². The molecule has 0 rings (SSSR count). The van der Waals surface area contributed by atoms with E-state index in [1.54, 1.807) is 12.2 Å². The molecule has 0 saturated heterocycles. The van der Waals surface area contributed by atoms with Crippen LogP contribution in [0.15, 0.2) is 72.9 Å². The lowest BCUT2D eigenvalue weighted by Crippen LogP contribution is -2.25. The molecule has 0 radical (unpaired) electrons. The number of esters is 1. The molecule has 0 heterocycles. The van der Waals surface area contributed by atoms with Gasteiger partial charge in [-0.1, -0.05) is 79.8 Å². The Kier molecular flexibility index (Phi) is 19.9. The first-order valence-corrected chi connectivity index (χ1v) is 10.7. The highest BCUT2D eigenvalue weighted by Crippen LogP contribution is 2.02. The molecule has 0 aliphatic rings. The summed E-state index contributed by atoms with van der Waals surface area (Å²) in [5.41, 5.74) is 0. The van der Waals surface area contributed by atoms with E-state index in [2.05, 4.69) is 43.4 Å². The number of ether oxygens (including phenoxy) is 1. The highest BCUT2D eigenvalue weighted by Gasteiger charge is 2.11. The van der Waals surface area contributed by atoms with Crippen LogP contribution in [0.1, 0.15) is 51.9 Å². The van der Waals surface area contributed by atoms with Gasteiger partial charge in [-0.3, -0.25) is 4.79 Å². The molecule has 5 heteroatoms. The standard InChI is InChI=1S/C25H38O5/c1-2-3-4-5-6-7-8-9-10-11-12-13-15-18-23(28)19-16-14-17-20-25(29)30-24(21-26)22-27/h3-4,6-7,9-10,12-16,18,23-24,26-28H,2,5,8,11,17,19-22H2,1H3/b4-3-,7-6-,10-9-,13-12-,16-14-,18-15-. The molecular weight excluding hydrogens is 380 g/mol. The summed E-state index contributed by atoms with van der Waals surface area (Å²) in [4.78, 5) is 11.5. The van der Waals surface area contributed by atoms with E-state index in [4.69, 9.17) is 14.9 Å². The second kappa shape index (κ2) is 21.5. The summed E-state index contributed by atoms with van der Waals surface area (Å²) < 4.78 is 4.86. The van der Waals surface area contributed by atoms with Gasteiger partial charge in [-0.05, 0) is 38.5 Å². The van der Waals surface area contributed by atoms with Crippen LogP contribution in [0.25, 0.3) is 0 Å². The Morgan fingerprint density at radius 2 is 1.43 bits per heavy atom. The van der Waals surface area contributed by atoms with Gasteiger partial charge in [0.1, 0.15) is 6.10 Å². The monoisotopic (exact) mass is 418 g/mol. The Labute approximate surface area is 181 Å². The lowest BCUT2D eigenvalue weighted by molar-refractivity contribution is -0.153. The van der Waals surface area contributed by atoms with Gasteiger partial charge in [0, 0.05) is 6.42 Å². The van der Waals surface area contributed by atoms with Crippen LogP contribution in [0.2, 0.25) is 0 Å². The van der Waals surface area contributed by atoms with Crippen molar-refractivity contribution in [3.8, 4) is 0 Å². The maximum absolute atomic E-state index is 11.5. The van der Waals surface area contributed by atoms with E-state index in [0.29, 0.717) is 12.8 Å². The first kappa shape index (κ1) is 27.8. The summed E-state index contributed by atoms with van der Waals surface area (Å²) in [6.45, 7) is 1.34. The smallest absolute Gasteiger partial charge is 0.306 e. The SMILES string of the molecule is CC/C=C\C/C=C\C/C=C\C/C=C\C=C/C(O)C/C=C\CCC(=O)OC(CO)CO. The minimum absolute atomic E-state index is 0.168. The summed E-state index contributed by atoms with van der Waals surface area (Å²) in [7, 11) is 0. The highest BCUT2D eigenvalue weighted by atomic mass is 16.6. The minimum atomic E-state index is -0.855. The zero-order valence-corrected chi connectivity index (χ0v) is 18.1. The van der Waals surface area contributed by atoms with Gasteiger partial charge in [-0.15, -0.1) is 0 Å². The molecule has 0 aromatic heterocycles. The third-order valence-corrected chi connectivity index (χ3v) is 3.90. The number of hydrogen-bond donors (Lipinski definition) is 3. The minimum Gasteiger partial charge on any atom is -0.457 e. The predicted octanol–water partition coefficient (Wildman–Crippen LogP) is 4.33. The zero-order chi connectivity index (χ0) is 22.3. The highest BCUT2D eigenvalue weighted by molar-refractivity contribution is 5.69. The summed E-state index contributed by atoms with van der Waals surface area (Å²) in [6.07, 6.45) is 27.6. The molecule has 3 N–H and O–H groups in total. The van der Waals surface area contributed by atoms with Crippen molar-refractivity contribution in [2.24, 2.45) is 0 Å². The van der Waals surface area contributed by atoms with Crippen molar-refractivity contribution < 1.29 is 24.9 Å². The number of allylic oxidation sites excluding steroid dienone is 10. The molecule has 0 aromatic rings. The van der Waals surface area contributed by atoms with Crippen molar-refractivity contribution in [1.29, 1.82) is 0 Å². The van der Waals surface area contributed by atoms with E-state index in [0.717, 1.165) is 25.7 Å². The molecule has 0 saturated carbocycles. The van der Waals surface area contributed by atoms with Crippen molar-refractivity contribution >= 4 is 5.97 Å². The topological polar surface area (TPSA) is 87.0 Å². The number of carbonyl (C=O) groups is 1. The third kappa shape index (κ3) is 19.1. The summed E-state index contributed by atoms with van der Waals surface area (Å²) in [5.74, 6) is -0.465. The summed E-state index contributed by atoms with van der Waals surface area (Å²) in [5, 5.41) is 27.6. The largest absolute Gasteiger partial charge is 0.457 e. The molecule has 1 unspecified atom stereocenters. The van der Waals surface area contributed by atoms with Crippen LogP contribution >= 0.6 is 0 Å². The maximum atomic E-state index is 11.5. The molecule has 0 fully saturated rings. The first-order chi connectivity index (χ1) is 14.6. The normalized spacial score (nSPS) is 14.0. The summed E-state index contributed by atoms with van der Waals surface area (Å²) >= 11 is 0. The van der Waals surface area contributed by atoms with Gasteiger partial charge in [-0.25, -0.2) is 0 Å². The molecule has 168 valence electrons. The van der Waals surface area contributed by atoms with Crippen LogP contribution in [-0.2, 0) is 9.53 Å². The average molecular weight is 419 g/mol. The van der Waals surface area contributed by atoms with Crippen LogP contribution in [0.3, 0.4) is 0 Å². The quantitative estimate of drug-likeness (QED) is 0.186. The van der Waals surface area contributed by atoms with Crippen LogP contribution in [0.4, 0.5) is 0 Å². The molecule has 1 atom stereocenters. The molecule has 30 heavy (non-hydrogen) atoms. The lowest BCUT2D eigenvalue weighted by Gasteiger charge is -2.11. The van der Waals surface area contributed by atoms with Gasteiger partial charge in [0.25, 0.3) is 0 Å². The van der Waals surface area contributed by atoms with Gasteiger partial charge >= 0.3 is 5.97 Å². The van der Waals surface area contributed by atoms with E-state index in [9.17, 15) is 9.90 Å². The van der Waals surface area contributed by atoms with Crippen molar-refractivity contribution in [1.82, 2.24) is 0 Å². The van der Waals surface area contributed by atoms with E-state index in [1.807, 2.05) is 24.3 Å². The fourth-order valence-electron chi connectivity index (χ4n) is 2.24. The Bertz CT molecular complexity index is 580. The van der Waals surface area contributed by atoms with Gasteiger partial charge in [0.05, 0.1) is 19.3 Å². The Balaban J connectivity index is 3.82. The predicted molar refractivity (Wildman–Crippen MR) is 123 cm³/mol. The van der Waals surface area contributed by atoms with Gasteiger partial charge in [0.2, 0.25) is 0 Å². The lowest BCUT2D eigenvalue weighted by atomic mass is 10.2. The molecule has 0 amide bonds. The fraction of sp³-hybridized carbons (Fsp3) is 0.480. The Morgan fingerprint density at radius 3 is 2.03 bits per heavy atom. The first-order valence-electron chi connectivity index (χ1n) is 10.7. The van der Waals surface area contributed by atoms with Crippen molar-refractivity contribution in [3.05, 3.63) is 72.9 Å². The molecular formula is C25H38O5. The van der Waals surface area contributed by atoms with Crippen LogP contribution < -0.4 is 0 Å². The van der Waals surface area contributed by atoms with E-state index in [1.165, 1.54) is 0 Å². The van der Waals surface area contributed by atoms with Crippen LogP contribution in [0.5, 0.6) is 0 Å². The van der Waals surface area contributed by atoms with E-state index >= 15 is 0 Å². The Morgan fingerprint density at radius 1 is 0.833 bits per heavy atom. The number of rotatable bonds is 17. The molecule has 0 aliphatic carbocycles. The molecule has 5 nitrogen and oxygen atoms in total. The zero-order valence-electron chi connectivity index (χ0n) is 18.1. The maximum Gasteiger partial charge on any atom is 0.306 e. The molecule has 0 bridgehead atoms. The molecule has 0 aromatic carbocycles. The number of aliphatic hydroxyl groups is 3. The summed E-state index contributed by atoms with van der Waals surface area (Å²) in [6, 6.07) is 0. The van der Waals surface area contributed by atoms with E-state index in [-0.39, 0.29) is 6.42 Å². The Hall–Kier alpha value is -2.21.